The molecule has 0 aromatic heterocycles. The third-order valence-electron chi connectivity index (χ3n) is 1.39. The minimum atomic E-state index is -1.25. The fourth-order valence-corrected chi connectivity index (χ4v) is 1.39. The van der Waals surface area contributed by atoms with Gasteiger partial charge in [-0.3, -0.25) is 15.4 Å². The molecule has 0 radical (unpaired) electrons. The molecule has 0 bridgehead atoms. The normalized spacial score (nSPS) is 9.50. The Morgan fingerprint density at radius 1 is 1.57 bits per heavy atom. The van der Waals surface area contributed by atoms with Crippen molar-refractivity contribution in [3.05, 3.63) is 31.9 Å². The lowest BCUT2D eigenvalue weighted by Gasteiger charge is -2.01. The van der Waals surface area contributed by atoms with Crippen LogP contribution in [0.25, 0.3) is 0 Å². The van der Waals surface area contributed by atoms with Gasteiger partial charge in [-0.2, -0.15) is 0 Å². The van der Waals surface area contributed by atoms with Crippen molar-refractivity contribution in [3.8, 4) is 0 Å². The third kappa shape index (κ3) is 2.55. The van der Waals surface area contributed by atoms with Crippen LogP contribution in [0, 0.1) is 13.7 Å². The summed E-state index contributed by atoms with van der Waals surface area (Å²) in [5, 5.41) is 20.9. The molecule has 7 heteroatoms. The molecule has 0 atom stereocenters. The quantitative estimate of drug-likeness (QED) is 0.498. The number of amides is 1. The van der Waals surface area contributed by atoms with Crippen molar-refractivity contribution in [2.45, 2.75) is 0 Å². The first-order valence-electron chi connectivity index (χ1n) is 3.44. The van der Waals surface area contributed by atoms with Gasteiger partial charge in [0.2, 0.25) is 0 Å². The zero-order chi connectivity index (χ0) is 10.7. The van der Waals surface area contributed by atoms with Crippen LogP contribution in [0.2, 0.25) is 0 Å². The minimum Gasteiger partial charge on any atom is -0.465 e. The number of nitro groups is 1. The monoisotopic (exact) mass is 308 g/mol. The van der Waals surface area contributed by atoms with E-state index in [-0.39, 0.29) is 11.4 Å². The highest BCUT2D eigenvalue weighted by Gasteiger charge is 2.12. The lowest BCUT2D eigenvalue weighted by Crippen LogP contribution is -2.07. The number of hydrogen-bond donors (Lipinski definition) is 2. The second-order valence-corrected chi connectivity index (χ2v) is 3.52. The number of benzene rings is 1. The van der Waals surface area contributed by atoms with Gasteiger partial charge >= 0.3 is 6.09 Å². The number of carboxylic acid groups (broad SMARTS) is 1. The van der Waals surface area contributed by atoms with Gasteiger partial charge in [-0.1, -0.05) is 0 Å². The number of nitrogens with zero attached hydrogens (tertiary/aromatic N) is 1. The molecule has 14 heavy (non-hydrogen) atoms. The standard InChI is InChI=1S/C7H5IN2O4/c8-5-2-1-4(9-7(11)12)3-6(5)10(13)14/h1-3,9H,(H,11,12). The summed E-state index contributed by atoms with van der Waals surface area (Å²) in [5.41, 5.74) is 0.0708. The Morgan fingerprint density at radius 3 is 2.71 bits per heavy atom. The molecule has 0 heterocycles. The molecular formula is C7H5IN2O4. The summed E-state index contributed by atoms with van der Waals surface area (Å²) in [6.07, 6.45) is -1.25. The average Bonchev–Trinajstić information content (AvgIpc) is 2.07. The van der Waals surface area contributed by atoms with Crippen LogP contribution < -0.4 is 5.32 Å². The fraction of sp³-hybridized carbons (Fsp3) is 0. The number of nitrogens with one attached hydrogen (secondary N) is 1. The van der Waals surface area contributed by atoms with Gasteiger partial charge in [-0.15, -0.1) is 0 Å². The Labute approximate surface area is 92.2 Å². The van der Waals surface area contributed by atoms with E-state index in [2.05, 4.69) is 0 Å². The van der Waals surface area contributed by atoms with E-state index in [0.29, 0.717) is 3.57 Å². The van der Waals surface area contributed by atoms with Crippen LogP contribution in [0.15, 0.2) is 18.2 Å². The average molecular weight is 308 g/mol. The van der Waals surface area contributed by atoms with Gasteiger partial charge in [-0.05, 0) is 34.7 Å². The Bertz CT molecular complexity index is 393. The molecule has 0 aliphatic heterocycles. The fourth-order valence-electron chi connectivity index (χ4n) is 0.854. The van der Waals surface area contributed by atoms with Crippen molar-refractivity contribution < 1.29 is 14.8 Å². The highest BCUT2D eigenvalue weighted by atomic mass is 127. The summed E-state index contributed by atoms with van der Waals surface area (Å²) in [7, 11) is 0. The number of anilines is 1. The predicted molar refractivity (Wildman–Crippen MR) is 57.5 cm³/mol. The molecule has 6 nitrogen and oxygen atoms in total. The maximum atomic E-state index is 10.5. The van der Waals surface area contributed by atoms with Gasteiger partial charge in [-0.25, -0.2) is 4.79 Å². The Kier molecular flexibility index (Phi) is 3.23. The Balaban J connectivity index is 3.06. The zero-order valence-corrected chi connectivity index (χ0v) is 8.89. The summed E-state index contributed by atoms with van der Waals surface area (Å²) < 4.78 is 0.462. The Hall–Kier alpha value is -1.38. The molecule has 0 fully saturated rings. The predicted octanol–water partition coefficient (Wildman–Crippen LogP) is 2.29. The molecule has 1 rings (SSSR count). The van der Waals surface area contributed by atoms with E-state index in [1.54, 1.807) is 0 Å². The SMILES string of the molecule is O=C(O)Nc1ccc(I)c([N+](=O)[O-])c1. The topological polar surface area (TPSA) is 92.5 Å². The number of halogens is 1. The molecule has 1 aromatic carbocycles. The second-order valence-electron chi connectivity index (χ2n) is 2.35. The van der Waals surface area contributed by atoms with E-state index < -0.39 is 11.0 Å². The lowest BCUT2D eigenvalue weighted by atomic mass is 10.3. The number of rotatable bonds is 2. The second kappa shape index (κ2) is 4.22. The third-order valence-corrected chi connectivity index (χ3v) is 2.31. The molecular weight excluding hydrogens is 303 g/mol. The first-order valence-corrected chi connectivity index (χ1v) is 4.52. The van der Waals surface area contributed by atoms with Crippen molar-refractivity contribution >= 4 is 40.1 Å². The van der Waals surface area contributed by atoms with Crippen molar-refractivity contribution in [1.82, 2.24) is 0 Å². The van der Waals surface area contributed by atoms with Gasteiger partial charge in [0.15, 0.2) is 0 Å². The molecule has 1 aromatic rings. The van der Waals surface area contributed by atoms with Crippen LogP contribution in [0.3, 0.4) is 0 Å². The van der Waals surface area contributed by atoms with Crippen LogP contribution in [0.1, 0.15) is 0 Å². The van der Waals surface area contributed by atoms with E-state index in [1.165, 1.54) is 18.2 Å². The Morgan fingerprint density at radius 2 is 2.21 bits per heavy atom. The van der Waals surface area contributed by atoms with Gasteiger partial charge in [0.05, 0.1) is 14.2 Å². The molecule has 1 amide bonds. The number of carbonyl (C=O) groups is 1. The van der Waals surface area contributed by atoms with Crippen LogP contribution in [0.4, 0.5) is 16.2 Å². The molecule has 0 saturated heterocycles. The highest BCUT2D eigenvalue weighted by molar-refractivity contribution is 14.1. The van der Waals surface area contributed by atoms with E-state index >= 15 is 0 Å². The summed E-state index contributed by atoms with van der Waals surface area (Å²) in [6, 6.07) is 4.11. The van der Waals surface area contributed by atoms with Crippen LogP contribution in [-0.4, -0.2) is 16.1 Å². The first kappa shape index (κ1) is 10.7. The van der Waals surface area contributed by atoms with Gasteiger partial charge in [0.1, 0.15) is 0 Å². The summed E-state index contributed by atoms with van der Waals surface area (Å²) in [5.74, 6) is 0. The molecule has 0 unspecified atom stereocenters. The maximum absolute atomic E-state index is 10.5. The molecule has 74 valence electrons. The molecule has 0 aliphatic rings. The van der Waals surface area contributed by atoms with Crippen molar-refractivity contribution in [2.24, 2.45) is 0 Å². The largest absolute Gasteiger partial charge is 0.465 e. The maximum Gasteiger partial charge on any atom is 0.409 e. The van der Waals surface area contributed by atoms with Crippen LogP contribution in [0.5, 0.6) is 0 Å². The van der Waals surface area contributed by atoms with Crippen molar-refractivity contribution in [1.29, 1.82) is 0 Å². The van der Waals surface area contributed by atoms with E-state index in [9.17, 15) is 14.9 Å². The van der Waals surface area contributed by atoms with Gasteiger partial charge in [0, 0.05) is 6.07 Å². The number of nitro benzene ring substituents is 1. The highest BCUT2D eigenvalue weighted by Crippen LogP contribution is 2.24. The summed E-state index contributed by atoms with van der Waals surface area (Å²) >= 11 is 1.81. The molecule has 0 aliphatic carbocycles. The first-order chi connectivity index (χ1) is 6.50. The van der Waals surface area contributed by atoms with Gasteiger partial charge < -0.3 is 5.11 Å². The van der Waals surface area contributed by atoms with E-state index in [4.69, 9.17) is 5.11 Å². The zero-order valence-electron chi connectivity index (χ0n) is 6.73. The van der Waals surface area contributed by atoms with E-state index in [0.717, 1.165) is 0 Å². The molecule has 0 spiro atoms. The lowest BCUT2D eigenvalue weighted by molar-refractivity contribution is -0.385. The van der Waals surface area contributed by atoms with Gasteiger partial charge in [0.25, 0.3) is 5.69 Å². The van der Waals surface area contributed by atoms with Crippen LogP contribution in [-0.2, 0) is 0 Å². The van der Waals surface area contributed by atoms with Crippen molar-refractivity contribution in [2.75, 3.05) is 5.32 Å². The molecule has 0 saturated carbocycles. The summed E-state index contributed by atoms with van der Waals surface area (Å²) in [6.45, 7) is 0. The summed E-state index contributed by atoms with van der Waals surface area (Å²) in [4.78, 5) is 20.2. The minimum absolute atomic E-state index is 0.114. The van der Waals surface area contributed by atoms with E-state index in [1.807, 2.05) is 27.9 Å². The number of hydrogen-bond acceptors (Lipinski definition) is 3. The van der Waals surface area contributed by atoms with Crippen LogP contribution >= 0.6 is 22.6 Å². The molecule has 2 N–H and O–H groups in total. The van der Waals surface area contributed by atoms with Crippen molar-refractivity contribution in [3.63, 3.8) is 0 Å². The smallest absolute Gasteiger partial charge is 0.409 e.